The summed E-state index contributed by atoms with van der Waals surface area (Å²) in [6.45, 7) is 4.74. The fourth-order valence-corrected chi connectivity index (χ4v) is 8.23. The van der Waals surface area contributed by atoms with Gasteiger partial charge in [-0.15, -0.1) is 0 Å². The molecule has 0 saturated heterocycles. The Labute approximate surface area is 301 Å². The lowest BCUT2D eigenvalue weighted by Crippen LogP contribution is -2.35. The number of benzene rings is 5. The van der Waals surface area contributed by atoms with Gasteiger partial charge in [-0.1, -0.05) is 152 Å². The maximum Gasteiger partial charge on any atom is 0.0894 e. The van der Waals surface area contributed by atoms with E-state index in [4.69, 9.17) is 0 Å². The Morgan fingerprint density at radius 1 is 0.686 bits per heavy atom. The molecule has 4 aliphatic rings. The Balaban J connectivity index is 1.10. The number of para-hydroxylation sites is 1. The Morgan fingerprint density at radius 2 is 1.35 bits per heavy atom. The third kappa shape index (κ3) is 5.46. The first-order valence-corrected chi connectivity index (χ1v) is 18.0. The van der Waals surface area contributed by atoms with Crippen LogP contribution in [0.15, 0.2) is 199 Å². The number of hydrogen-bond donors (Lipinski definition) is 0. The maximum atomic E-state index is 3.77. The number of rotatable bonds is 7. The standard InChI is InChI=1S/C49H40N2/c1-35-32-40(39-23-21-38(22-24-39)36-14-6-3-7-15-36)26-30-46(35)50(42-18-10-5-11-19-42)44-28-29-45-47(34-44)51(48-20-12-13-31-49(45,48)2)43-27-25-41(33-43)37-16-8-4-9-17-37/h3-30,32,34-35,46H,31H2,1-2H3. The highest BCUT2D eigenvalue weighted by Crippen LogP contribution is 2.54. The third-order valence-corrected chi connectivity index (χ3v) is 10.9. The van der Waals surface area contributed by atoms with Gasteiger partial charge in [0.2, 0.25) is 0 Å². The molecule has 246 valence electrons. The molecule has 0 bridgehead atoms. The van der Waals surface area contributed by atoms with E-state index in [0.717, 1.165) is 17.7 Å². The summed E-state index contributed by atoms with van der Waals surface area (Å²) in [4.78, 5) is 4.97. The van der Waals surface area contributed by atoms with Crippen LogP contribution < -0.4 is 9.80 Å². The van der Waals surface area contributed by atoms with Crippen LogP contribution in [0.2, 0.25) is 0 Å². The van der Waals surface area contributed by atoms with Gasteiger partial charge in [0, 0.05) is 28.1 Å². The smallest absolute Gasteiger partial charge is 0.0894 e. The number of nitrogens with zero attached hydrogens (tertiary/aromatic N) is 2. The van der Waals surface area contributed by atoms with Crippen LogP contribution in [0.1, 0.15) is 37.0 Å². The summed E-state index contributed by atoms with van der Waals surface area (Å²) in [6.07, 6.45) is 19.4. The molecule has 0 saturated carbocycles. The average Bonchev–Trinajstić information content (AvgIpc) is 3.77. The number of anilines is 3. The molecule has 0 N–H and O–H groups in total. The van der Waals surface area contributed by atoms with Crippen LogP contribution in [0.4, 0.5) is 17.1 Å². The van der Waals surface area contributed by atoms with Gasteiger partial charge in [-0.3, -0.25) is 0 Å². The second kappa shape index (κ2) is 12.7. The molecular weight excluding hydrogens is 617 g/mol. The second-order valence-corrected chi connectivity index (χ2v) is 14.2. The van der Waals surface area contributed by atoms with Gasteiger partial charge < -0.3 is 9.80 Å². The first-order valence-electron chi connectivity index (χ1n) is 18.0. The topological polar surface area (TPSA) is 6.48 Å². The highest BCUT2D eigenvalue weighted by atomic mass is 15.2. The first kappa shape index (κ1) is 30.9. The highest BCUT2D eigenvalue weighted by molar-refractivity contribution is 5.86. The molecule has 0 aromatic heterocycles. The SMILES string of the molecule is CC1C=C(c2ccc(-c3ccccc3)cc2)C=CC1N(c1ccccc1)c1ccc2c(c1)N(C1=C=C(c3ccccc3)C=C1)C1=CC=CCC12C. The van der Waals surface area contributed by atoms with Crippen LogP contribution in [-0.4, -0.2) is 6.04 Å². The van der Waals surface area contributed by atoms with Gasteiger partial charge in [-0.25, -0.2) is 0 Å². The van der Waals surface area contributed by atoms with Crippen molar-refractivity contribution in [1.82, 2.24) is 0 Å². The minimum Gasteiger partial charge on any atom is -0.334 e. The largest absolute Gasteiger partial charge is 0.334 e. The van der Waals surface area contributed by atoms with E-state index in [0.29, 0.717) is 0 Å². The fraction of sp³-hybridized carbons (Fsp3) is 0.122. The maximum absolute atomic E-state index is 3.77. The van der Waals surface area contributed by atoms with E-state index in [9.17, 15) is 0 Å². The zero-order valence-corrected chi connectivity index (χ0v) is 29.1. The van der Waals surface area contributed by atoms with Crippen molar-refractivity contribution in [3.05, 3.63) is 216 Å². The summed E-state index contributed by atoms with van der Waals surface area (Å²) in [6, 6.07) is 48.3. The lowest BCUT2D eigenvalue weighted by Gasteiger charge is -2.37. The normalized spacial score (nSPS) is 21.4. The molecule has 0 fully saturated rings. The Bertz CT molecular complexity index is 2330. The average molecular weight is 657 g/mol. The minimum absolute atomic E-state index is 0.107. The number of allylic oxidation sites excluding steroid dienone is 8. The molecule has 1 heterocycles. The van der Waals surface area contributed by atoms with Crippen molar-refractivity contribution in [2.75, 3.05) is 9.80 Å². The Kier molecular flexibility index (Phi) is 7.68. The van der Waals surface area contributed by atoms with Crippen molar-refractivity contribution in [2.45, 2.75) is 31.7 Å². The summed E-state index contributed by atoms with van der Waals surface area (Å²) in [5.41, 5.74) is 18.3. The van der Waals surface area contributed by atoms with Crippen LogP contribution in [-0.2, 0) is 5.41 Å². The van der Waals surface area contributed by atoms with Gasteiger partial charge in [0.15, 0.2) is 0 Å². The molecule has 0 radical (unpaired) electrons. The van der Waals surface area contributed by atoms with Crippen molar-refractivity contribution in [3.63, 3.8) is 0 Å². The van der Waals surface area contributed by atoms with Crippen LogP contribution in [0.3, 0.4) is 0 Å². The van der Waals surface area contributed by atoms with Crippen molar-refractivity contribution in [1.29, 1.82) is 0 Å². The number of hydrogen-bond acceptors (Lipinski definition) is 2. The monoisotopic (exact) mass is 656 g/mol. The molecule has 51 heavy (non-hydrogen) atoms. The highest BCUT2D eigenvalue weighted by Gasteiger charge is 2.45. The molecule has 3 aliphatic carbocycles. The van der Waals surface area contributed by atoms with E-state index >= 15 is 0 Å². The van der Waals surface area contributed by atoms with Crippen LogP contribution in [0, 0.1) is 5.92 Å². The minimum atomic E-state index is -0.107. The van der Waals surface area contributed by atoms with Gasteiger partial charge in [0.1, 0.15) is 0 Å². The van der Waals surface area contributed by atoms with Crippen LogP contribution in [0.5, 0.6) is 0 Å². The van der Waals surface area contributed by atoms with E-state index in [-0.39, 0.29) is 17.4 Å². The van der Waals surface area contributed by atoms with Crippen LogP contribution in [0.25, 0.3) is 22.3 Å². The molecule has 0 amide bonds. The summed E-state index contributed by atoms with van der Waals surface area (Å²) in [5.74, 6) is 0.271. The Hall–Kier alpha value is -6.08. The zero-order chi connectivity index (χ0) is 34.4. The summed E-state index contributed by atoms with van der Waals surface area (Å²) in [5, 5.41) is 0. The van der Waals surface area contributed by atoms with E-state index in [1.807, 2.05) is 0 Å². The lowest BCUT2D eigenvalue weighted by molar-refractivity contribution is 0.575. The van der Waals surface area contributed by atoms with Gasteiger partial charge in [0.05, 0.1) is 17.4 Å². The molecule has 2 nitrogen and oxygen atoms in total. The van der Waals surface area contributed by atoms with Crippen molar-refractivity contribution in [3.8, 4) is 11.1 Å². The molecule has 1 aliphatic heterocycles. The number of fused-ring (bicyclic) bond motifs is 3. The summed E-state index contributed by atoms with van der Waals surface area (Å²) in [7, 11) is 0. The predicted molar refractivity (Wildman–Crippen MR) is 215 cm³/mol. The molecule has 9 rings (SSSR count). The van der Waals surface area contributed by atoms with E-state index in [1.165, 1.54) is 56.1 Å². The quantitative estimate of drug-likeness (QED) is 0.161. The molecule has 5 aromatic rings. The summed E-state index contributed by atoms with van der Waals surface area (Å²) < 4.78 is 0. The zero-order valence-electron chi connectivity index (χ0n) is 29.1. The van der Waals surface area contributed by atoms with E-state index in [2.05, 4.69) is 211 Å². The molecular formula is C49H40N2. The fourth-order valence-electron chi connectivity index (χ4n) is 8.23. The van der Waals surface area contributed by atoms with Crippen LogP contribution >= 0.6 is 0 Å². The predicted octanol–water partition coefficient (Wildman–Crippen LogP) is 12.2. The molecule has 2 heteroatoms. The van der Waals surface area contributed by atoms with Gasteiger partial charge in [0.25, 0.3) is 0 Å². The van der Waals surface area contributed by atoms with Gasteiger partial charge >= 0.3 is 0 Å². The molecule has 5 aromatic carbocycles. The summed E-state index contributed by atoms with van der Waals surface area (Å²) >= 11 is 0. The van der Waals surface area contributed by atoms with E-state index < -0.39 is 0 Å². The van der Waals surface area contributed by atoms with Crippen molar-refractivity contribution >= 4 is 28.2 Å². The third-order valence-electron chi connectivity index (χ3n) is 10.9. The van der Waals surface area contributed by atoms with Crippen molar-refractivity contribution in [2.24, 2.45) is 5.92 Å². The lowest BCUT2D eigenvalue weighted by atomic mass is 9.76. The molecule has 0 spiro atoms. The Morgan fingerprint density at radius 3 is 2.08 bits per heavy atom. The first-order chi connectivity index (χ1) is 25.1. The van der Waals surface area contributed by atoms with E-state index in [1.54, 1.807) is 0 Å². The van der Waals surface area contributed by atoms with Gasteiger partial charge in [-0.2, -0.15) is 0 Å². The van der Waals surface area contributed by atoms with Crippen molar-refractivity contribution < 1.29 is 0 Å². The molecule has 3 unspecified atom stereocenters. The molecule has 3 atom stereocenters. The second-order valence-electron chi connectivity index (χ2n) is 14.2. The van der Waals surface area contributed by atoms with Gasteiger partial charge in [-0.05, 0) is 95.1 Å².